The molecule has 9 heteroatoms. The monoisotopic (exact) mass is 465 g/mol. The van der Waals surface area contributed by atoms with Crippen molar-refractivity contribution in [1.29, 1.82) is 0 Å². The van der Waals surface area contributed by atoms with Crippen LogP contribution in [-0.2, 0) is 4.74 Å². The Kier molecular flexibility index (Phi) is 6.21. The molecule has 3 heterocycles. The lowest BCUT2D eigenvalue weighted by Crippen LogP contribution is -2.44. The number of hydrogen-bond donors (Lipinski definition) is 2. The maximum absolute atomic E-state index is 14.3. The number of likely N-dealkylation sites (N-methyl/N-ethyl adjacent to an activating group) is 1. The predicted octanol–water partition coefficient (Wildman–Crippen LogP) is 2.51. The SMILES string of the molecule is CN1CCN(c2cc(F)cc3c(=O)cc(C(=O)Nc4ccc(N5CCOCC5)cc4)[nH]c23)CC1. The van der Waals surface area contributed by atoms with Crippen molar-refractivity contribution in [3.05, 3.63) is 64.2 Å². The normalized spacial score (nSPS) is 17.2. The molecule has 0 saturated carbocycles. The Hall–Kier alpha value is -3.43. The fourth-order valence-electron chi connectivity index (χ4n) is 4.49. The second-order valence-corrected chi connectivity index (χ2v) is 8.79. The first-order valence-corrected chi connectivity index (χ1v) is 11.5. The number of anilines is 3. The lowest BCUT2D eigenvalue weighted by Gasteiger charge is -2.34. The summed E-state index contributed by atoms with van der Waals surface area (Å²) in [5, 5.41) is 3.09. The molecule has 2 aromatic carbocycles. The Bertz CT molecular complexity index is 1250. The number of nitrogens with one attached hydrogen (secondary N) is 2. The van der Waals surface area contributed by atoms with Crippen LogP contribution < -0.4 is 20.5 Å². The number of pyridine rings is 1. The molecule has 2 aliphatic rings. The molecule has 5 rings (SSSR count). The number of nitrogens with zero attached hydrogens (tertiary/aromatic N) is 3. The highest BCUT2D eigenvalue weighted by Crippen LogP contribution is 2.27. The first-order valence-electron chi connectivity index (χ1n) is 11.5. The van der Waals surface area contributed by atoms with Crippen LogP contribution in [0.4, 0.5) is 21.5 Å². The number of H-pyrrole nitrogens is 1. The fraction of sp³-hybridized carbons (Fsp3) is 0.360. The second kappa shape index (κ2) is 9.44. The van der Waals surface area contributed by atoms with Crippen LogP contribution >= 0.6 is 0 Å². The summed E-state index contributed by atoms with van der Waals surface area (Å²) < 4.78 is 19.7. The summed E-state index contributed by atoms with van der Waals surface area (Å²) in [7, 11) is 2.04. The molecule has 178 valence electrons. The number of amides is 1. The van der Waals surface area contributed by atoms with E-state index in [0.717, 1.165) is 31.9 Å². The molecule has 0 atom stereocenters. The summed E-state index contributed by atoms with van der Waals surface area (Å²) in [5.41, 5.74) is 2.52. The van der Waals surface area contributed by atoms with Crippen LogP contribution in [-0.4, -0.2) is 75.3 Å². The van der Waals surface area contributed by atoms with Gasteiger partial charge in [0.2, 0.25) is 0 Å². The van der Waals surface area contributed by atoms with E-state index in [4.69, 9.17) is 4.74 Å². The van der Waals surface area contributed by atoms with Gasteiger partial charge in [0.15, 0.2) is 5.43 Å². The number of aromatic nitrogens is 1. The minimum absolute atomic E-state index is 0.136. The van der Waals surface area contributed by atoms with E-state index in [2.05, 4.69) is 20.1 Å². The molecule has 1 aromatic heterocycles. The third-order valence-electron chi connectivity index (χ3n) is 6.47. The third kappa shape index (κ3) is 4.62. The molecule has 2 saturated heterocycles. The van der Waals surface area contributed by atoms with Gasteiger partial charge >= 0.3 is 0 Å². The quantitative estimate of drug-likeness (QED) is 0.616. The van der Waals surface area contributed by atoms with Gasteiger partial charge in [0.25, 0.3) is 5.91 Å². The summed E-state index contributed by atoms with van der Waals surface area (Å²) in [6.07, 6.45) is 0. The van der Waals surface area contributed by atoms with Crippen molar-refractivity contribution in [3.63, 3.8) is 0 Å². The second-order valence-electron chi connectivity index (χ2n) is 8.79. The van der Waals surface area contributed by atoms with Gasteiger partial charge < -0.3 is 29.7 Å². The zero-order valence-electron chi connectivity index (χ0n) is 19.1. The number of ether oxygens (including phenoxy) is 1. The van der Waals surface area contributed by atoms with E-state index in [9.17, 15) is 14.0 Å². The first-order chi connectivity index (χ1) is 16.5. The van der Waals surface area contributed by atoms with Crippen LogP contribution in [0, 0.1) is 5.82 Å². The molecule has 34 heavy (non-hydrogen) atoms. The Morgan fingerprint density at radius 2 is 1.68 bits per heavy atom. The highest BCUT2D eigenvalue weighted by molar-refractivity contribution is 6.05. The summed E-state index contributed by atoms with van der Waals surface area (Å²) >= 11 is 0. The predicted molar refractivity (Wildman–Crippen MR) is 132 cm³/mol. The summed E-state index contributed by atoms with van der Waals surface area (Å²) in [5.74, 6) is -0.892. The van der Waals surface area contributed by atoms with Gasteiger partial charge in [-0.05, 0) is 43.4 Å². The lowest BCUT2D eigenvalue weighted by atomic mass is 10.1. The lowest BCUT2D eigenvalue weighted by molar-refractivity contribution is 0.102. The molecule has 2 aliphatic heterocycles. The number of fused-ring (bicyclic) bond motifs is 1. The summed E-state index contributed by atoms with van der Waals surface area (Å²) in [6, 6.07) is 11.5. The molecule has 2 fully saturated rings. The number of carbonyl (C=O) groups excluding carboxylic acids is 1. The maximum atomic E-state index is 14.3. The molecular formula is C25H28FN5O3. The Morgan fingerprint density at radius 1 is 0.971 bits per heavy atom. The van der Waals surface area contributed by atoms with E-state index in [-0.39, 0.29) is 11.1 Å². The summed E-state index contributed by atoms with van der Waals surface area (Å²) in [4.78, 5) is 35.4. The molecule has 0 radical (unpaired) electrons. The van der Waals surface area contributed by atoms with Crippen molar-refractivity contribution in [2.75, 3.05) is 74.6 Å². The van der Waals surface area contributed by atoms with Crippen molar-refractivity contribution in [2.45, 2.75) is 0 Å². The standard InChI is InChI=1S/C25H28FN5O3/c1-29-6-8-31(9-7-29)22-15-17(26)14-20-23(32)16-21(28-24(20)22)25(33)27-18-2-4-19(5-3-18)30-10-12-34-13-11-30/h2-5,14-16H,6-13H2,1H3,(H,27,33)(H,28,32). The average molecular weight is 466 g/mol. The maximum Gasteiger partial charge on any atom is 0.272 e. The highest BCUT2D eigenvalue weighted by Gasteiger charge is 2.20. The van der Waals surface area contributed by atoms with Crippen molar-refractivity contribution in [3.8, 4) is 0 Å². The van der Waals surface area contributed by atoms with Gasteiger partial charge in [0.1, 0.15) is 11.5 Å². The van der Waals surface area contributed by atoms with Crippen LogP contribution in [0.1, 0.15) is 10.5 Å². The van der Waals surface area contributed by atoms with Gasteiger partial charge in [-0.25, -0.2) is 4.39 Å². The van der Waals surface area contributed by atoms with E-state index in [1.165, 1.54) is 18.2 Å². The number of benzene rings is 2. The number of aromatic amines is 1. The minimum Gasteiger partial charge on any atom is -0.378 e. The molecule has 1 amide bonds. The van der Waals surface area contributed by atoms with E-state index in [1.54, 1.807) is 0 Å². The van der Waals surface area contributed by atoms with Gasteiger partial charge in [0.05, 0.1) is 29.8 Å². The van der Waals surface area contributed by atoms with Crippen molar-refractivity contribution in [1.82, 2.24) is 9.88 Å². The smallest absolute Gasteiger partial charge is 0.272 e. The van der Waals surface area contributed by atoms with Gasteiger partial charge in [-0.1, -0.05) is 0 Å². The number of halogens is 1. The van der Waals surface area contributed by atoms with Crippen molar-refractivity contribution in [2.24, 2.45) is 0 Å². The van der Waals surface area contributed by atoms with Crippen LogP contribution in [0.5, 0.6) is 0 Å². The number of carbonyl (C=O) groups is 1. The molecule has 0 unspecified atom stereocenters. The van der Waals surface area contributed by atoms with Crippen molar-refractivity contribution < 1.29 is 13.9 Å². The Morgan fingerprint density at radius 3 is 2.38 bits per heavy atom. The van der Waals surface area contributed by atoms with Crippen LogP contribution in [0.25, 0.3) is 10.9 Å². The first kappa shape index (κ1) is 22.4. The van der Waals surface area contributed by atoms with Crippen LogP contribution in [0.2, 0.25) is 0 Å². The zero-order valence-corrected chi connectivity index (χ0v) is 19.1. The third-order valence-corrected chi connectivity index (χ3v) is 6.47. The van der Waals surface area contributed by atoms with Gasteiger partial charge in [0, 0.05) is 56.7 Å². The molecule has 0 aliphatic carbocycles. The topological polar surface area (TPSA) is 80.9 Å². The molecular weight excluding hydrogens is 437 g/mol. The summed E-state index contributed by atoms with van der Waals surface area (Å²) in [6.45, 7) is 6.17. The van der Waals surface area contributed by atoms with Gasteiger partial charge in [-0.2, -0.15) is 0 Å². The number of rotatable bonds is 4. The Balaban J connectivity index is 1.41. The zero-order chi connectivity index (χ0) is 23.7. The minimum atomic E-state index is -0.468. The molecule has 2 N–H and O–H groups in total. The van der Waals surface area contributed by atoms with E-state index in [0.29, 0.717) is 43.2 Å². The molecule has 0 bridgehead atoms. The number of piperazine rings is 1. The van der Waals surface area contributed by atoms with E-state index >= 15 is 0 Å². The van der Waals surface area contributed by atoms with Crippen LogP contribution in [0.3, 0.4) is 0 Å². The average Bonchev–Trinajstić information content (AvgIpc) is 2.85. The highest BCUT2D eigenvalue weighted by atomic mass is 19.1. The molecule has 0 spiro atoms. The largest absolute Gasteiger partial charge is 0.378 e. The number of hydrogen-bond acceptors (Lipinski definition) is 6. The fourth-order valence-corrected chi connectivity index (χ4v) is 4.49. The van der Waals surface area contributed by atoms with E-state index in [1.807, 2.05) is 36.2 Å². The molecule has 8 nitrogen and oxygen atoms in total. The Labute approximate surface area is 196 Å². The van der Waals surface area contributed by atoms with Gasteiger partial charge in [-0.3, -0.25) is 9.59 Å². The van der Waals surface area contributed by atoms with Crippen molar-refractivity contribution >= 4 is 33.9 Å². The molecule has 3 aromatic rings. The number of morpholine rings is 1. The van der Waals surface area contributed by atoms with E-state index < -0.39 is 17.2 Å². The van der Waals surface area contributed by atoms with Gasteiger partial charge in [-0.15, -0.1) is 0 Å². The van der Waals surface area contributed by atoms with Crippen LogP contribution in [0.15, 0.2) is 47.3 Å².